The minimum absolute atomic E-state index is 0.0242. The first-order valence-corrected chi connectivity index (χ1v) is 5.77. The van der Waals surface area contributed by atoms with E-state index in [-0.39, 0.29) is 6.61 Å². The molecule has 0 aliphatic rings. The van der Waals surface area contributed by atoms with Crippen molar-refractivity contribution in [2.24, 2.45) is 0 Å². The molecule has 94 valence electrons. The summed E-state index contributed by atoms with van der Waals surface area (Å²) >= 11 is 0. The molecule has 3 heteroatoms. The molecule has 0 unspecified atom stereocenters. The maximum atomic E-state index is 9.04. The maximum absolute atomic E-state index is 9.04. The molecule has 0 heterocycles. The van der Waals surface area contributed by atoms with Gasteiger partial charge in [0, 0.05) is 0 Å². The third kappa shape index (κ3) is 3.25. The van der Waals surface area contributed by atoms with Crippen molar-refractivity contribution in [3.8, 4) is 11.5 Å². The van der Waals surface area contributed by atoms with Gasteiger partial charge in [0.05, 0.1) is 13.7 Å². The largest absolute Gasteiger partial charge is 0.497 e. The lowest BCUT2D eigenvalue weighted by atomic mass is 10.2. The fourth-order valence-electron chi connectivity index (χ4n) is 1.66. The van der Waals surface area contributed by atoms with Crippen LogP contribution in [0.15, 0.2) is 48.5 Å². The molecule has 0 aromatic heterocycles. The van der Waals surface area contributed by atoms with Crippen molar-refractivity contribution in [3.05, 3.63) is 59.7 Å². The van der Waals surface area contributed by atoms with Crippen molar-refractivity contribution in [2.45, 2.75) is 13.2 Å². The third-order valence-corrected chi connectivity index (χ3v) is 2.62. The Kier molecular flexibility index (Phi) is 4.20. The van der Waals surface area contributed by atoms with E-state index in [1.165, 1.54) is 0 Å². The zero-order valence-corrected chi connectivity index (χ0v) is 10.3. The number of methoxy groups -OCH3 is 1. The average Bonchev–Trinajstić information content (AvgIpc) is 2.45. The van der Waals surface area contributed by atoms with Gasteiger partial charge in [-0.2, -0.15) is 0 Å². The second-order valence-electron chi connectivity index (χ2n) is 3.95. The summed E-state index contributed by atoms with van der Waals surface area (Å²) in [6.07, 6.45) is 0. The molecule has 0 aliphatic heterocycles. The SMILES string of the molecule is COc1cccc(COc2cccc(CO)c2)c1. The van der Waals surface area contributed by atoms with Gasteiger partial charge < -0.3 is 14.6 Å². The molecule has 0 bridgehead atoms. The molecule has 0 spiro atoms. The van der Waals surface area contributed by atoms with Crippen molar-refractivity contribution in [2.75, 3.05) is 7.11 Å². The number of aliphatic hydroxyl groups excluding tert-OH is 1. The fourth-order valence-corrected chi connectivity index (χ4v) is 1.66. The topological polar surface area (TPSA) is 38.7 Å². The Hall–Kier alpha value is -2.00. The van der Waals surface area contributed by atoms with Crippen molar-refractivity contribution in [1.29, 1.82) is 0 Å². The van der Waals surface area contributed by atoms with Gasteiger partial charge in [-0.15, -0.1) is 0 Å². The molecule has 0 radical (unpaired) electrons. The number of ether oxygens (including phenoxy) is 2. The molecule has 0 saturated carbocycles. The number of hydrogen-bond donors (Lipinski definition) is 1. The lowest BCUT2D eigenvalue weighted by Gasteiger charge is -2.08. The van der Waals surface area contributed by atoms with Gasteiger partial charge in [-0.1, -0.05) is 24.3 Å². The second-order valence-corrected chi connectivity index (χ2v) is 3.95. The molecule has 0 aliphatic carbocycles. The van der Waals surface area contributed by atoms with Gasteiger partial charge in [-0.3, -0.25) is 0 Å². The quantitative estimate of drug-likeness (QED) is 0.879. The van der Waals surface area contributed by atoms with Crippen LogP contribution < -0.4 is 9.47 Å². The van der Waals surface area contributed by atoms with Gasteiger partial charge in [0.2, 0.25) is 0 Å². The maximum Gasteiger partial charge on any atom is 0.120 e. The highest BCUT2D eigenvalue weighted by Gasteiger charge is 1.99. The van der Waals surface area contributed by atoms with E-state index >= 15 is 0 Å². The summed E-state index contributed by atoms with van der Waals surface area (Å²) < 4.78 is 10.8. The Bertz CT molecular complexity index is 461. The van der Waals surface area contributed by atoms with Crippen LogP contribution in [0.1, 0.15) is 11.1 Å². The minimum Gasteiger partial charge on any atom is -0.497 e. The summed E-state index contributed by atoms with van der Waals surface area (Å²) in [4.78, 5) is 0. The van der Waals surface area contributed by atoms with Crippen LogP contribution in [0.4, 0.5) is 0 Å². The van der Waals surface area contributed by atoms with Crippen molar-refractivity contribution >= 4 is 0 Å². The Morgan fingerprint density at radius 3 is 2.33 bits per heavy atom. The Labute approximate surface area is 107 Å². The number of benzene rings is 2. The molecule has 0 fully saturated rings. The predicted octanol–water partition coefficient (Wildman–Crippen LogP) is 2.77. The van der Waals surface area contributed by atoms with E-state index in [1.807, 2.05) is 48.5 Å². The molecule has 2 aromatic rings. The monoisotopic (exact) mass is 244 g/mol. The van der Waals surface area contributed by atoms with Crippen LogP contribution in [0.2, 0.25) is 0 Å². The molecule has 0 saturated heterocycles. The molecule has 2 aromatic carbocycles. The van der Waals surface area contributed by atoms with Gasteiger partial charge in [0.15, 0.2) is 0 Å². The highest BCUT2D eigenvalue weighted by atomic mass is 16.5. The van der Waals surface area contributed by atoms with Gasteiger partial charge >= 0.3 is 0 Å². The fraction of sp³-hybridized carbons (Fsp3) is 0.200. The van der Waals surface area contributed by atoms with Crippen LogP contribution in [-0.4, -0.2) is 12.2 Å². The highest BCUT2D eigenvalue weighted by Crippen LogP contribution is 2.17. The van der Waals surface area contributed by atoms with Crippen LogP contribution in [0.3, 0.4) is 0 Å². The van der Waals surface area contributed by atoms with E-state index in [4.69, 9.17) is 14.6 Å². The van der Waals surface area contributed by atoms with Crippen LogP contribution in [0.25, 0.3) is 0 Å². The van der Waals surface area contributed by atoms with E-state index in [0.29, 0.717) is 6.61 Å². The van der Waals surface area contributed by atoms with E-state index in [2.05, 4.69) is 0 Å². The number of hydrogen-bond acceptors (Lipinski definition) is 3. The Morgan fingerprint density at radius 1 is 0.944 bits per heavy atom. The average molecular weight is 244 g/mol. The molecule has 18 heavy (non-hydrogen) atoms. The summed E-state index contributed by atoms with van der Waals surface area (Å²) in [7, 11) is 1.64. The molecule has 2 rings (SSSR count). The molecule has 3 nitrogen and oxygen atoms in total. The summed E-state index contributed by atoms with van der Waals surface area (Å²) in [6.45, 7) is 0.502. The lowest BCUT2D eigenvalue weighted by Crippen LogP contribution is -1.96. The van der Waals surface area contributed by atoms with Gasteiger partial charge in [0.1, 0.15) is 18.1 Å². The zero-order chi connectivity index (χ0) is 12.8. The molecule has 0 amide bonds. The number of aliphatic hydroxyl groups is 1. The van der Waals surface area contributed by atoms with Crippen molar-refractivity contribution in [3.63, 3.8) is 0 Å². The van der Waals surface area contributed by atoms with Gasteiger partial charge in [-0.25, -0.2) is 0 Å². The van der Waals surface area contributed by atoms with E-state index in [0.717, 1.165) is 22.6 Å². The summed E-state index contributed by atoms with van der Waals surface area (Å²) in [5, 5.41) is 9.04. The summed E-state index contributed by atoms with van der Waals surface area (Å²) in [5.74, 6) is 1.57. The smallest absolute Gasteiger partial charge is 0.120 e. The Balaban J connectivity index is 2.01. The van der Waals surface area contributed by atoms with Crippen molar-refractivity contribution in [1.82, 2.24) is 0 Å². The molecule has 0 atom stereocenters. The van der Waals surface area contributed by atoms with E-state index < -0.39 is 0 Å². The van der Waals surface area contributed by atoms with E-state index in [1.54, 1.807) is 7.11 Å². The first-order valence-electron chi connectivity index (χ1n) is 5.77. The first kappa shape index (κ1) is 12.5. The first-order chi connectivity index (χ1) is 8.81. The van der Waals surface area contributed by atoms with Crippen LogP contribution in [-0.2, 0) is 13.2 Å². The lowest BCUT2D eigenvalue weighted by molar-refractivity contribution is 0.278. The highest BCUT2D eigenvalue weighted by molar-refractivity contribution is 5.30. The van der Waals surface area contributed by atoms with E-state index in [9.17, 15) is 0 Å². The third-order valence-electron chi connectivity index (χ3n) is 2.62. The molecule has 1 N–H and O–H groups in total. The summed E-state index contributed by atoms with van der Waals surface area (Å²) in [5.41, 5.74) is 1.89. The van der Waals surface area contributed by atoms with Gasteiger partial charge in [-0.05, 0) is 35.4 Å². The summed E-state index contributed by atoms with van der Waals surface area (Å²) in [6, 6.07) is 15.2. The second kappa shape index (κ2) is 6.07. The normalized spacial score (nSPS) is 10.1. The van der Waals surface area contributed by atoms with Crippen LogP contribution in [0, 0.1) is 0 Å². The minimum atomic E-state index is 0.0242. The zero-order valence-electron chi connectivity index (χ0n) is 10.3. The molecular formula is C15H16O3. The van der Waals surface area contributed by atoms with Gasteiger partial charge in [0.25, 0.3) is 0 Å². The predicted molar refractivity (Wildman–Crippen MR) is 69.7 cm³/mol. The Morgan fingerprint density at radius 2 is 1.61 bits per heavy atom. The molecular weight excluding hydrogens is 228 g/mol. The van der Waals surface area contributed by atoms with Crippen LogP contribution >= 0.6 is 0 Å². The van der Waals surface area contributed by atoms with Crippen molar-refractivity contribution < 1.29 is 14.6 Å². The number of rotatable bonds is 5. The standard InChI is InChI=1S/C15H16O3/c1-17-14-6-3-5-13(9-14)11-18-15-7-2-4-12(8-15)10-16/h2-9,16H,10-11H2,1H3. The van der Waals surface area contributed by atoms with Crippen LogP contribution in [0.5, 0.6) is 11.5 Å².